The summed E-state index contributed by atoms with van der Waals surface area (Å²) < 4.78 is 12.3. The van der Waals surface area contributed by atoms with Crippen LogP contribution in [0, 0.1) is 0 Å². The Morgan fingerprint density at radius 1 is 1.09 bits per heavy atom. The highest BCUT2D eigenvalue weighted by Gasteiger charge is 2.13. The molecule has 4 aromatic carbocycles. The Bertz CT molecular complexity index is 1530. The lowest BCUT2D eigenvalue weighted by Crippen LogP contribution is -1.94. The molecule has 1 aromatic heterocycles. The second kappa shape index (κ2) is 8.89. The highest BCUT2D eigenvalue weighted by molar-refractivity contribution is 9.10. The largest absolute Gasteiger partial charge is 0.504 e. The maximum atomic E-state index is 10.5. The van der Waals surface area contributed by atoms with Crippen LogP contribution < -0.4 is 4.74 Å². The molecule has 0 spiro atoms. The zero-order chi connectivity index (χ0) is 22.9. The quantitative estimate of drug-likeness (QED) is 0.239. The lowest BCUT2D eigenvalue weighted by atomic mass is 10.0. The second-order valence-corrected chi connectivity index (χ2v) is 8.67. The predicted octanol–water partition coefficient (Wildman–Crippen LogP) is 7.92. The summed E-state index contributed by atoms with van der Waals surface area (Å²) in [5.41, 5.74) is 3.44. The van der Waals surface area contributed by atoms with E-state index in [2.05, 4.69) is 25.9 Å². The van der Waals surface area contributed by atoms with Crippen LogP contribution in [0.3, 0.4) is 0 Å². The normalized spacial score (nSPS) is 11.6. The first kappa shape index (κ1) is 21.5. The van der Waals surface area contributed by atoms with Crippen LogP contribution >= 0.6 is 27.5 Å². The molecular formula is C26H18BrClN2O3. The molecule has 5 rings (SSSR count). The number of fused-ring (bicyclic) bond motifs is 2. The molecule has 5 aromatic rings. The fourth-order valence-electron chi connectivity index (χ4n) is 3.67. The van der Waals surface area contributed by atoms with Gasteiger partial charge in [-0.15, -0.1) is 0 Å². The van der Waals surface area contributed by atoms with Crippen molar-refractivity contribution in [2.24, 2.45) is 4.99 Å². The predicted molar refractivity (Wildman–Crippen MR) is 136 cm³/mol. The summed E-state index contributed by atoms with van der Waals surface area (Å²) in [7, 11) is 0. The van der Waals surface area contributed by atoms with Crippen LogP contribution in [0.15, 0.2) is 80.6 Å². The Kier molecular flexibility index (Phi) is 5.79. The minimum Gasteiger partial charge on any atom is -0.504 e. The number of ether oxygens (including phenoxy) is 1. The van der Waals surface area contributed by atoms with E-state index >= 15 is 0 Å². The van der Waals surface area contributed by atoms with Gasteiger partial charge in [-0.1, -0.05) is 51.8 Å². The van der Waals surface area contributed by atoms with Crippen LogP contribution in [0.2, 0.25) is 5.02 Å². The van der Waals surface area contributed by atoms with Crippen LogP contribution in [0.4, 0.5) is 5.69 Å². The number of hydrogen-bond acceptors (Lipinski definition) is 5. The van der Waals surface area contributed by atoms with Crippen LogP contribution in [0.1, 0.15) is 12.5 Å². The van der Waals surface area contributed by atoms with Gasteiger partial charge in [-0.3, -0.25) is 4.99 Å². The van der Waals surface area contributed by atoms with Crippen molar-refractivity contribution in [1.82, 2.24) is 4.98 Å². The minimum atomic E-state index is 0.0446. The molecule has 0 bridgehead atoms. The number of rotatable bonds is 5. The molecule has 0 amide bonds. The number of aromatic nitrogens is 1. The van der Waals surface area contributed by atoms with Crippen LogP contribution in [0.5, 0.6) is 11.5 Å². The summed E-state index contributed by atoms with van der Waals surface area (Å²) in [6, 6.07) is 20.7. The zero-order valence-electron chi connectivity index (χ0n) is 17.5. The van der Waals surface area contributed by atoms with Gasteiger partial charge in [0.05, 0.1) is 12.3 Å². The molecule has 0 saturated carbocycles. The van der Waals surface area contributed by atoms with E-state index in [1.54, 1.807) is 18.3 Å². The number of halogens is 2. The number of hydrogen-bond donors (Lipinski definition) is 1. The molecule has 0 fully saturated rings. The third-order valence-corrected chi connectivity index (χ3v) is 5.98. The van der Waals surface area contributed by atoms with E-state index in [9.17, 15) is 5.11 Å². The van der Waals surface area contributed by atoms with Crippen molar-refractivity contribution in [3.63, 3.8) is 0 Å². The molecule has 5 nitrogen and oxygen atoms in total. The Balaban J connectivity index is 1.51. The molecule has 164 valence electrons. The molecule has 0 aliphatic carbocycles. The van der Waals surface area contributed by atoms with E-state index in [1.807, 2.05) is 61.5 Å². The van der Waals surface area contributed by atoms with Gasteiger partial charge in [0.1, 0.15) is 5.52 Å². The van der Waals surface area contributed by atoms with Crippen LogP contribution in [-0.2, 0) is 0 Å². The van der Waals surface area contributed by atoms with E-state index in [0.29, 0.717) is 45.6 Å². The SMILES string of the molecule is CCOc1cc(Br)cc(C=Nc2ccc3oc(-c4cccc5c(Cl)cccc45)nc3c2)c1O. The first-order chi connectivity index (χ1) is 16.0. The maximum Gasteiger partial charge on any atom is 0.227 e. The number of phenolic OH excluding ortho intramolecular Hbond substituents is 1. The Morgan fingerprint density at radius 2 is 1.91 bits per heavy atom. The number of phenols is 1. The molecule has 1 heterocycles. The fourth-order valence-corrected chi connectivity index (χ4v) is 4.36. The van der Waals surface area contributed by atoms with Crippen molar-refractivity contribution in [3.05, 3.63) is 81.8 Å². The summed E-state index contributed by atoms with van der Waals surface area (Å²) in [4.78, 5) is 9.20. The van der Waals surface area contributed by atoms with Crippen LogP contribution in [-0.4, -0.2) is 22.9 Å². The second-order valence-electron chi connectivity index (χ2n) is 7.34. The molecule has 33 heavy (non-hydrogen) atoms. The topological polar surface area (TPSA) is 67.9 Å². The molecule has 7 heteroatoms. The van der Waals surface area contributed by atoms with Crippen LogP contribution in [0.25, 0.3) is 33.3 Å². The average Bonchev–Trinajstić information content (AvgIpc) is 3.23. The van der Waals surface area contributed by atoms with Gasteiger partial charge in [0.15, 0.2) is 17.1 Å². The average molecular weight is 522 g/mol. The lowest BCUT2D eigenvalue weighted by Gasteiger charge is -2.08. The smallest absolute Gasteiger partial charge is 0.227 e. The van der Waals surface area contributed by atoms with Gasteiger partial charge in [0, 0.05) is 32.2 Å². The monoisotopic (exact) mass is 520 g/mol. The van der Waals surface area contributed by atoms with Gasteiger partial charge < -0.3 is 14.3 Å². The minimum absolute atomic E-state index is 0.0446. The molecule has 0 aliphatic rings. The van der Waals surface area contributed by atoms with Crippen molar-refractivity contribution in [3.8, 4) is 23.0 Å². The lowest BCUT2D eigenvalue weighted by molar-refractivity contribution is 0.317. The summed E-state index contributed by atoms with van der Waals surface area (Å²) in [6.45, 7) is 2.32. The highest BCUT2D eigenvalue weighted by Crippen LogP contribution is 2.35. The highest BCUT2D eigenvalue weighted by atomic mass is 79.9. The van der Waals surface area contributed by atoms with E-state index in [-0.39, 0.29) is 5.75 Å². The third kappa shape index (κ3) is 4.19. The maximum absolute atomic E-state index is 10.5. The number of nitrogens with zero attached hydrogens (tertiary/aromatic N) is 2. The molecule has 0 aliphatic heterocycles. The zero-order valence-corrected chi connectivity index (χ0v) is 19.9. The molecule has 0 saturated heterocycles. The van der Waals surface area contributed by atoms with Gasteiger partial charge in [0.2, 0.25) is 5.89 Å². The van der Waals surface area contributed by atoms with Gasteiger partial charge in [-0.25, -0.2) is 4.98 Å². The van der Waals surface area contributed by atoms with Crippen molar-refractivity contribution < 1.29 is 14.3 Å². The number of benzene rings is 4. The van der Waals surface area contributed by atoms with E-state index in [4.69, 9.17) is 20.8 Å². The van der Waals surface area contributed by atoms with Crippen molar-refractivity contribution >= 4 is 61.3 Å². The molecule has 0 radical (unpaired) electrons. The van der Waals surface area contributed by atoms with Gasteiger partial charge in [-0.2, -0.15) is 0 Å². The van der Waals surface area contributed by atoms with Crippen molar-refractivity contribution in [2.45, 2.75) is 6.92 Å². The van der Waals surface area contributed by atoms with Gasteiger partial charge >= 0.3 is 0 Å². The van der Waals surface area contributed by atoms with E-state index < -0.39 is 0 Å². The van der Waals surface area contributed by atoms with E-state index in [1.165, 1.54) is 0 Å². The summed E-state index contributed by atoms with van der Waals surface area (Å²) in [5, 5.41) is 13.1. The molecule has 1 N–H and O–H groups in total. The first-order valence-corrected chi connectivity index (χ1v) is 11.5. The Morgan fingerprint density at radius 3 is 2.76 bits per heavy atom. The molecule has 0 atom stereocenters. The fraction of sp³-hybridized carbons (Fsp3) is 0.0769. The summed E-state index contributed by atoms with van der Waals surface area (Å²) in [6.07, 6.45) is 1.59. The Labute approximate surface area is 203 Å². The van der Waals surface area contributed by atoms with Crippen molar-refractivity contribution in [2.75, 3.05) is 6.61 Å². The van der Waals surface area contributed by atoms with Gasteiger partial charge in [0.25, 0.3) is 0 Å². The van der Waals surface area contributed by atoms with Gasteiger partial charge in [-0.05, 0) is 54.8 Å². The van der Waals surface area contributed by atoms with Crippen molar-refractivity contribution in [1.29, 1.82) is 0 Å². The molecular weight excluding hydrogens is 504 g/mol. The summed E-state index contributed by atoms with van der Waals surface area (Å²) >= 11 is 9.79. The standard InChI is InChI=1S/C26H18BrClN2O3/c1-2-32-24-12-16(27)11-15(25(24)31)14-29-17-9-10-23-22(13-17)30-26(33-23)20-7-3-6-19-18(20)5-4-8-21(19)28/h3-14,31H,2H2,1H3. The number of aromatic hydroxyl groups is 1. The first-order valence-electron chi connectivity index (χ1n) is 10.3. The third-order valence-electron chi connectivity index (χ3n) is 5.19. The number of aliphatic imine (C=N–C) groups is 1. The molecule has 0 unspecified atom stereocenters. The van der Waals surface area contributed by atoms with E-state index in [0.717, 1.165) is 20.8 Å². The Hall–Kier alpha value is -3.35. The number of oxazole rings is 1. The summed E-state index contributed by atoms with van der Waals surface area (Å²) in [5.74, 6) is 0.966.